The SMILES string of the molecule is CCCCP(CCCC)CCCC.[B]C(C(=O)OC)c1cccs1. The molecule has 136 valence electrons. The Hall–Kier alpha value is -0.335. The van der Waals surface area contributed by atoms with Gasteiger partial charge in [0, 0.05) is 4.88 Å². The van der Waals surface area contributed by atoms with E-state index in [0.717, 1.165) is 4.88 Å². The number of carbonyl (C=O) groups excluding carboxylic acids is 1. The number of carbonyl (C=O) groups is 1. The van der Waals surface area contributed by atoms with Gasteiger partial charge in [-0.1, -0.05) is 46.1 Å². The maximum Gasteiger partial charge on any atom is 0.304 e. The number of esters is 1. The summed E-state index contributed by atoms with van der Waals surface area (Å²) in [6.45, 7) is 6.94. The van der Waals surface area contributed by atoms with E-state index in [0.29, 0.717) is 7.92 Å². The van der Waals surface area contributed by atoms with Crippen LogP contribution in [-0.4, -0.2) is 39.4 Å². The van der Waals surface area contributed by atoms with Gasteiger partial charge in [0.05, 0.1) is 20.8 Å². The first-order valence-corrected chi connectivity index (χ1v) is 12.0. The summed E-state index contributed by atoms with van der Waals surface area (Å²) in [6.07, 6.45) is 13.2. The van der Waals surface area contributed by atoms with Gasteiger partial charge in [-0.15, -0.1) is 19.3 Å². The second-order valence-electron chi connectivity index (χ2n) is 5.92. The highest BCUT2D eigenvalue weighted by molar-refractivity contribution is 7.57. The molecule has 0 spiro atoms. The third-order valence-corrected chi connectivity index (χ3v) is 7.59. The van der Waals surface area contributed by atoms with Crippen molar-refractivity contribution in [1.29, 1.82) is 0 Å². The minimum absolute atomic E-state index is 0.396. The number of rotatable bonds is 11. The molecule has 1 aromatic rings. The van der Waals surface area contributed by atoms with E-state index in [4.69, 9.17) is 7.85 Å². The van der Waals surface area contributed by atoms with E-state index in [1.807, 2.05) is 17.5 Å². The Kier molecular flexibility index (Phi) is 15.9. The van der Waals surface area contributed by atoms with Gasteiger partial charge in [0.25, 0.3) is 0 Å². The fourth-order valence-electron chi connectivity index (χ4n) is 2.19. The van der Waals surface area contributed by atoms with Crippen LogP contribution in [0, 0.1) is 0 Å². The average molecular weight is 368 g/mol. The van der Waals surface area contributed by atoms with Crippen molar-refractivity contribution in [2.75, 3.05) is 25.6 Å². The predicted molar refractivity (Wildman–Crippen MR) is 111 cm³/mol. The molecule has 0 aliphatic heterocycles. The van der Waals surface area contributed by atoms with E-state index in [-0.39, 0.29) is 0 Å². The zero-order valence-corrected chi connectivity index (χ0v) is 17.6. The van der Waals surface area contributed by atoms with Crippen molar-refractivity contribution < 1.29 is 9.53 Å². The summed E-state index contributed by atoms with van der Waals surface area (Å²) >= 11 is 1.45. The molecule has 2 nitrogen and oxygen atoms in total. The second-order valence-corrected chi connectivity index (χ2v) is 9.58. The monoisotopic (exact) mass is 368 g/mol. The first kappa shape index (κ1) is 23.7. The summed E-state index contributed by atoms with van der Waals surface area (Å²) in [5, 5.41) is 1.87. The van der Waals surface area contributed by atoms with E-state index < -0.39 is 11.8 Å². The summed E-state index contributed by atoms with van der Waals surface area (Å²) in [5.74, 6) is -1.02. The molecule has 1 heterocycles. The van der Waals surface area contributed by atoms with Crippen molar-refractivity contribution >= 4 is 33.1 Å². The Balaban J connectivity index is 0.000000446. The lowest BCUT2D eigenvalue weighted by Gasteiger charge is -2.16. The van der Waals surface area contributed by atoms with Crippen LogP contribution in [0.3, 0.4) is 0 Å². The molecule has 2 radical (unpaired) electrons. The summed E-state index contributed by atoms with van der Waals surface area (Å²) in [5.41, 5.74) is 0. The highest BCUT2D eigenvalue weighted by Gasteiger charge is 2.15. The Morgan fingerprint density at radius 1 is 1.12 bits per heavy atom. The molecule has 0 fully saturated rings. The maximum atomic E-state index is 10.9. The molecule has 0 N–H and O–H groups in total. The van der Waals surface area contributed by atoms with Crippen molar-refractivity contribution in [3.05, 3.63) is 22.4 Å². The molecule has 0 aliphatic carbocycles. The fourth-order valence-corrected chi connectivity index (χ4v) is 5.87. The van der Waals surface area contributed by atoms with Crippen LogP contribution in [0.15, 0.2) is 17.5 Å². The first-order chi connectivity index (χ1) is 11.6. The Morgan fingerprint density at radius 2 is 1.62 bits per heavy atom. The van der Waals surface area contributed by atoms with Crippen molar-refractivity contribution in [2.24, 2.45) is 0 Å². The Morgan fingerprint density at radius 3 is 1.96 bits per heavy atom. The molecule has 1 aromatic heterocycles. The molecule has 0 bridgehead atoms. The van der Waals surface area contributed by atoms with Crippen LogP contribution < -0.4 is 0 Å². The number of methoxy groups -OCH3 is 1. The van der Waals surface area contributed by atoms with Gasteiger partial charge in [0.15, 0.2) is 0 Å². The van der Waals surface area contributed by atoms with Gasteiger partial charge in [-0.05, 0) is 49.2 Å². The van der Waals surface area contributed by atoms with Crippen LogP contribution >= 0.6 is 19.3 Å². The number of ether oxygens (including phenoxy) is 1. The summed E-state index contributed by atoms with van der Waals surface area (Å²) in [4.78, 5) is 11.7. The van der Waals surface area contributed by atoms with Gasteiger partial charge in [0.1, 0.15) is 0 Å². The van der Waals surface area contributed by atoms with Crippen molar-refractivity contribution in [2.45, 2.75) is 65.1 Å². The lowest BCUT2D eigenvalue weighted by Crippen LogP contribution is -2.12. The standard InChI is InChI=1S/C12H27P.C7H7BO2S/c1-4-7-10-13(11-8-5-2)12-9-6-3;1-10-7(9)6(8)5-3-2-4-11-5/h4-12H2,1-3H3;2-4,6H,1H3. The van der Waals surface area contributed by atoms with Gasteiger partial charge in [-0.3, -0.25) is 4.79 Å². The molecule has 1 rings (SSSR count). The minimum atomic E-state index is -0.625. The van der Waals surface area contributed by atoms with E-state index in [1.165, 1.54) is 57.0 Å². The van der Waals surface area contributed by atoms with E-state index in [1.54, 1.807) is 18.5 Å². The molecular weight excluding hydrogens is 334 g/mol. The number of hydrogen-bond acceptors (Lipinski definition) is 3. The van der Waals surface area contributed by atoms with Gasteiger partial charge in [-0.25, -0.2) is 0 Å². The zero-order valence-electron chi connectivity index (χ0n) is 15.9. The van der Waals surface area contributed by atoms with Crippen LogP contribution in [0.25, 0.3) is 0 Å². The second kappa shape index (κ2) is 16.2. The quantitative estimate of drug-likeness (QED) is 0.272. The lowest BCUT2D eigenvalue weighted by molar-refractivity contribution is -0.140. The summed E-state index contributed by atoms with van der Waals surface area (Å²) in [6, 6.07) is 3.66. The molecular formula is C19H34BO2PS. The number of unbranched alkanes of at least 4 members (excludes halogenated alkanes) is 3. The Labute approximate surface area is 155 Å². The summed E-state index contributed by atoms with van der Waals surface area (Å²) in [7, 11) is 7.28. The number of thiophene rings is 1. The molecule has 0 amide bonds. The van der Waals surface area contributed by atoms with Gasteiger partial charge in [0.2, 0.25) is 0 Å². The van der Waals surface area contributed by atoms with E-state index >= 15 is 0 Å². The van der Waals surface area contributed by atoms with Crippen LogP contribution in [0.5, 0.6) is 0 Å². The van der Waals surface area contributed by atoms with E-state index in [2.05, 4.69) is 25.5 Å². The molecule has 24 heavy (non-hydrogen) atoms. The smallest absolute Gasteiger partial charge is 0.304 e. The molecule has 0 aliphatic rings. The van der Waals surface area contributed by atoms with Crippen LogP contribution in [0.4, 0.5) is 0 Å². The molecule has 1 unspecified atom stereocenters. The fraction of sp³-hybridized carbons (Fsp3) is 0.737. The van der Waals surface area contributed by atoms with Crippen LogP contribution in [-0.2, 0) is 9.53 Å². The normalized spacial score (nSPS) is 11.7. The zero-order chi connectivity index (χ0) is 18.2. The largest absolute Gasteiger partial charge is 0.469 e. The third-order valence-electron chi connectivity index (χ3n) is 3.79. The first-order valence-electron chi connectivity index (χ1n) is 9.19. The molecule has 0 saturated carbocycles. The maximum absolute atomic E-state index is 10.9. The van der Waals surface area contributed by atoms with Gasteiger partial charge < -0.3 is 4.74 Å². The van der Waals surface area contributed by atoms with Crippen molar-refractivity contribution in [3.8, 4) is 0 Å². The van der Waals surface area contributed by atoms with Gasteiger partial charge >= 0.3 is 5.97 Å². The summed E-state index contributed by atoms with van der Waals surface area (Å²) < 4.78 is 4.48. The lowest BCUT2D eigenvalue weighted by atomic mass is 9.86. The van der Waals surface area contributed by atoms with Crippen molar-refractivity contribution in [3.63, 3.8) is 0 Å². The van der Waals surface area contributed by atoms with Crippen LogP contribution in [0.2, 0.25) is 0 Å². The molecule has 0 saturated heterocycles. The van der Waals surface area contributed by atoms with Crippen LogP contribution in [0.1, 0.15) is 70.0 Å². The minimum Gasteiger partial charge on any atom is -0.469 e. The highest BCUT2D eigenvalue weighted by atomic mass is 32.1. The third kappa shape index (κ3) is 11.3. The van der Waals surface area contributed by atoms with E-state index in [9.17, 15) is 4.79 Å². The highest BCUT2D eigenvalue weighted by Crippen LogP contribution is 2.38. The molecule has 1 atom stereocenters. The van der Waals surface area contributed by atoms with Crippen molar-refractivity contribution in [1.82, 2.24) is 0 Å². The van der Waals surface area contributed by atoms with Gasteiger partial charge in [-0.2, -0.15) is 0 Å². The average Bonchev–Trinajstić information content (AvgIpc) is 3.15. The molecule has 0 aromatic carbocycles. The predicted octanol–water partition coefficient (Wildman–Crippen LogP) is 6.00. The Bertz CT molecular complexity index is 379. The topological polar surface area (TPSA) is 26.3 Å². The molecule has 5 heteroatoms. The number of hydrogen-bond donors (Lipinski definition) is 0.